The van der Waals surface area contributed by atoms with Crippen LogP contribution in [0.2, 0.25) is 0 Å². The van der Waals surface area contributed by atoms with Crippen LogP contribution >= 0.6 is 0 Å². The van der Waals surface area contributed by atoms with Crippen LogP contribution < -0.4 is 4.74 Å². The molecule has 0 fully saturated rings. The fourth-order valence-corrected chi connectivity index (χ4v) is 2.57. The van der Waals surface area contributed by atoms with Gasteiger partial charge in [0.2, 0.25) is 0 Å². The van der Waals surface area contributed by atoms with Crippen molar-refractivity contribution in [1.29, 1.82) is 0 Å². The van der Waals surface area contributed by atoms with Gasteiger partial charge in [0, 0.05) is 6.07 Å². The summed E-state index contributed by atoms with van der Waals surface area (Å²) >= 11 is 0. The Hall–Kier alpha value is -4.59. The standard InChI is InChI=1S/C14H12O4.C10H8O4/c1-18-9-6-7-11(13(16)8-9)14(17)10-4-2-3-5-12(10)15;11-9(12)8(10(13)14)6-7-4-2-1-3-5-7/h2-8,15-16H,1H3;1-6H,(H,11,12)(H,13,14). The number of hydrogen-bond donors (Lipinski definition) is 4. The fraction of sp³-hybridized carbons (Fsp3) is 0.0417. The first-order valence-electron chi connectivity index (χ1n) is 9.17. The second-order valence-electron chi connectivity index (χ2n) is 6.31. The van der Waals surface area contributed by atoms with Crippen LogP contribution in [-0.2, 0) is 9.59 Å². The van der Waals surface area contributed by atoms with E-state index in [4.69, 9.17) is 14.9 Å². The highest BCUT2D eigenvalue weighted by Gasteiger charge is 2.17. The Morgan fingerprint density at radius 3 is 1.84 bits per heavy atom. The summed E-state index contributed by atoms with van der Waals surface area (Å²) in [5, 5.41) is 36.5. The highest BCUT2D eigenvalue weighted by atomic mass is 16.5. The summed E-state index contributed by atoms with van der Waals surface area (Å²) in [6.45, 7) is 0. The van der Waals surface area contributed by atoms with Crippen molar-refractivity contribution in [2.45, 2.75) is 0 Å². The van der Waals surface area contributed by atoms with Gasteiger partial charge in [0.1, 0.15) is 22.8 Å². The predicted octanol–water partition coefficient (Wildman–Crippen LogP) is 3.58. The molecule has 0 spiro atoms. The normalized spacial score (nSPS) is 9.66. The number of methoxy groups -OCH3 is 1. The van der Waals surface area contributed by atoms with Crippen molar-refractivity contribution in [3.05, 3.63) is 95.1 Å². The molecule has 3 aromatic rings. The Balaban J connectivity index is 0.000000235. The molecule has 0 radical (unpaired) electrons. The molecule has 3 rings (SSSR count). The van der Waals surface area contributed by atoms with Gasteiger partial charge in [0.25, 0.3) is 0 Å². The zero-order valence-electron chi connectivity index (χ0n) is 16.9. The van der Waals surface area contributed by atoms with Crippen molar-refractivity contribution < 1.29 is 39.5 Å². The van der Waals surface area contributed by atoms with Crippen molar-refractivity contribution in [3.8, 4) is 17.2 Å². The third-order valence-corrected chi connectivity index (χ3v) is 4.17. The molecule has 164 valence electrons. The summed E-state index contributed by atoms with van der Waals surface area (Å²) in [6, 6.07) is 19.0. The number of carbonyl (C=O) groups excluding carboxylic acids is 1. The first-order chi connectivity index (χ1) is 15.2. The minimum atomic E-state index is -1.44. The molecule has 0 saturated carbocycles. The van der Waals surface area contributed by atoms with E-state index in [-0.39, 0.29) is 22.6 Å². The smallest absolute Gasteiger partial charge is 0.343 e. The third kappa shape index (κ3) is 6.20. The molecular weight excluding hydrogens is 416 g/mol. The number of aliphatic carboxylic acids is 2. The van der Waals surface area contributed by atoms with Gasteiger partial charge in [0.15, 0.2) is 5.78 Å². The molecule has 3 aromatic carbocycles. The van der Waals surface area contributed by atoms with E-state index in [9.17, 15) is 24.6 Å². The Labute approximate surface area is 183 Å². The molecule has 32 heavy (non-hydrogen) atoms. The van der Waals surface area contributed by atoms with Crippen LogP contribution in [0.25, 0.3) is 6.08 Å². The van der Waals surface area contributed by atoms with Gasteiger partial charge in [-0.3, -0.25) is 4.79 Å². The largest absolute Gasteiger partial charge is 0.507 e. The molecule has 0 aliphatic carbocycles. The molecule has 0 atom stereocenters. The lowest BCUT2D eigenvalue weighted by atomic mass is 10.0. The number of benzene rings is 3. The molecule has 4 N–H and O–H groups in total. The Morgan fingerprint density at radius 2 is 1.31 bits per heavy atom. The number of carboxylic acid groups (broad SMARTS) is 2. The summed E-state index contributed by atoms with van der Waals surface area (Å²) in [6.07, 6.45) is 1.12. The highest BCUT2D eigenvalue weighted by Crippen LogP contribution is 2.28. The van der Waals surface area contributed by atoms with Crippen LogP contribution in [-0.4, -0.2) is 45.3 Å². The van der Waals surface area contributed by atoms with Gasteiger partial charge in [-0.15, -0.1) is 0 Å². The molecule has 8 nitrogen and oxygen atoms in total. The Kier molecular flexibility index (Phi) is 8.13. The van der Waals surface area contributed by atoms with E-state index in [1.54, 1.807) is 48.5 Å². The van der Waals surface area contributed by atoms with Gasteiger partial charge in [0.05, 0.1) is 18.2 Å². The molecule has 0 heterocycles. The molecular formula is C24H20O8. The van der Waals surface area contributed by atoms with Crippen molar-refractivity contribution >= 4 is 23.8 Å². The number of carboxylic acids is 2. The van der Waals surface area contributed by atoms with Crippen LogP contribution in [0.4, 0.5) is 0 Å². The minimum Gasteiger partial charge on any atom is -0.507 e. The van der Waals surface area contributed by atoms with Crippen LogP contribution in [0, 0.1) is 0 Å². The number of phenolic OH excluding ortho intramolecular Hbond substituents is 2. The fourth-order valence-electron chi connectivity index (χ4n) is 2.57. The zero-order valence-corrected chi connectivity index (χ0v) is 16.9. The Morgan fingerprint density at radius 1 is 0.750 bits per heavy atom. The van der Waals surface area contributed by atoms with Crippen LogP contribution in [0.1, 0.15) is 21.5 Å². The number of ether oxygens (including phenoxy) is 1. The van der Waals surface area contributed by atoms with E-state index >= 15 is 0 Å². The number of ketones is 1. The van der Waals surface area contributed by atoms with Gasteiger partial charge < -0.3 is 25.2 Å². The van der Waals surface area contributed by atoms with Crippen molar-refractivity contribution in [3.63, 3.8) is 0 Å². The number of aromatic hydroxyl groups is 2. The average Bonchev–Trinajstić information content (AvgIpc) is 2.78. The summed E-state index contributed by atoms with van der Waals surface area (Å²) in [5.41, 5.74) is 0.179. The van der Waals surface area contributed by atoms with Crippen LogP contribution in [0.5, 0.6) is 17.2 Å². The second-order valence-corrected chi connectivity index (χ2v) is 6.31. The number of rotatable bonds is 6. The molecule has 0 bridgehead atoms. The summed E-state index contributed by atoms with van der Waals surface area (Å²) in [4.78, 5) is 33.1. The van der Waals surface area contributed by atoms with Crippen LogP contribution in [0.3, 0.4) is 0 Å². The molecule has 0 saturated heterocycles. The second kappa shape index (κ2) is 11.0. The van der Waals surface area contributed by atoms with Gasteiger partial charge in [-0.25, -0.2) is 9.59 Å². The molecule has 8 heteroatoms. The maximum absolute atomic E-state index is 12.1. The zero-order chi connectivity index (χ0) is 23.7. The van der Waals surface area contributed by atoms with E-state index in [0.717, 1.165) is 6.08 Å². The maximum atomic E-state index is 12.1. The first kappa shape index (κ1) is 23.7. The van der Waals surface area contributed by atoms with Crippen molar-refractivity contribution in [2.24, 2.45) is 0 Å². The number of para-hydroxylation sites is 1. The molecule has 0 unspecified atom stereocenters. The van der Waals surface area contributed by atoms with E-state index in [1.165, 1.54) is 31.4 Å². The minimum absolute atomic E-state index is 0.113. The highest BCUT2D eigenvalue weighted by molar-refractivity contribution is 6.16. The topological polar surface area (TPSA) is 141 Å². The molecule has 0 amide bonds. The number of hydrogen-bond acceptors (Lipinski definition) is 6. The van der Waals surface area contributed by atoms with Gasteiger partial charge in [-0.1, -0.05) is 42.5 Å². The van der Waals surface area contributed by atoms with E-state index in [0.29, 0.717) is 11.3 Å². The Bertz CT molecular complexity index is 1130. The van der Waals surface area contributed by atoms with E-state index in [1.807, 2.05) is 0 Å². The van der Waals surface area contributed by atoms with Gasteiger partial charge >= 0.3 is 11.9 Å². The number of carbonyl (C=O) groups is 3. The summed E-state index contributed by atoms with van der Waals surface area (Å²) in [5.74, 6) is -3.15. The number of phenols is 2. The molecule has 0 aromatic heterocycles. The lowest BCUT2D eigenvalue weighted by molar-refractivity contribution is -0.140. The lowest BCUT2D eigenvalue weighted by Crippen LogP contribution is -2.10. The maximum Gasteiger partial charge on any atom is 0.343 e. The third-order valence-electron chi connectivity index (χ3n) is 4.17. The molecule has 0 aliphatic heterocycles. The van der Waals surface area contributed by atoms with Gasteiger partial charge in [-0.2, -0.15) is 0 Å². The quantitative estimate of drug-likeness (QED) is 0.199. The van der Waals surface area contributed by atoms with Crippen LogP contribution in [0.15, 0.2) is 78.4 Å². The average molecular weight is 436 g/mol. The monoisotopic (exact) mass is 436 g/mol. The molecule has 0 aliphatic rings. The van der Waals surface area contributed by atoms with Gasteiger partial charge in [-0.05, 0) is 35.9 Å². The predicted molar refractivity (Wildman–Crippen MR) is 116 cm³/mol. The van der Waals surface area contributed by atoms with E-state index in [2.05, 4.69) is 0 Å². The van der Waals surface area contributed by atoms with E-state index < -0.39 is 23.3 Å². The summed E-state index contributed by atoms with van der Waals surface area (Å²) < 4.78 is 4.94. The summed E-state index contributed by atoms with van der Waals surface area (Å²) in [7, 11) is 1.47. The SMILES string of the molecule is COc1ccc(C(=O)c2ccccc2O)c(O)c1.O=C(O)C(=Cc1ccccc1)C(=O)O. The first-order valence-corrected chi connectivity index (χ1v) is 9.17. The van der Waals surface area contributed by atoms with Crippen molar-refractivity contribution in [2.75, 3.05) is 7.11 Å². The van der Waals surface area contributed by atoms with Crippen molar-refractivity contribution in [1.82, 2.24) is 0 Å². The lowest BCUT2D eigenvalue weighted by Gasteiger charge is -2.07.